The van der Waals surface area contributed by atoms with E-state index in [1.54, 1.807) is 0 Å². The summed E-state index contributed by atoms with van der Waals surface area (Å²) in [6, 6.07) is 2.20. The topological polar surface area (TPSA) is 46.0 Å². The first-order valence-electron chi connectivity index (χ1n) is 7.01. The van der Waals surface area contributed by atoms with Crippen LogP contribution in [0.25, 0.3) is 11.0 Å². The molecule has 2 aromatic rings. The first-order chi connectivity index (χ1) is 9.24. The van der Waals surface area contributed by atoms with Gasteiger partial charge in [-0.15, -0.1) is 0 Å². The molecule has 5 heteroatoms. The molecule has 3 heterocycles. The van der Waals surface area contributed by atoms with Gasteiger partial charge in [-0.25, -0.2) is 9.99 Å². The largest absolute Gasteiger partial charge is 0.251 e. The van der Waals surface area contributed by atoms with Gasteiger partial charge in [0.05, 0.1) is 5.69 Å². The molecule has 0 bridgehead atoms. The smallest absolute Gasteiger partial charge is 0.157 e. The number of rotatable bonds is 3. The monoisotopic (exact) mass is 259 g/mol. The van der Waals surface area contributed by atoms with Crippen LogP contribution in [0, 0.1) is 6.92 Å². The van der Waals surface area contributed by atoms with Gasteiger partial charge in [0.1, 0.15) is 0 Å². The molecule has 0 spiro atoms. The third-order valence-corrected chi connectivity index (χ3v) is 3.78. The van der Waals surface area contributed by atoms with Crippen molar-refractivity contribution in [3.05, 3.63) is 23.5 Å². The molecule has 1 fully saturated rings. The number of aryl methyl sites for hydroxylation is 2. The Labute approximate surface area is 113 Å². The zero-order valence-corrected chi connectivity index (χ0v) is 11.7. The molecule has 2 aromatic heterocycles. The molecule has 0 radical (unpaired) electrons. The van der Waals surface area contributed by atoms with Crippen LogP contribution in [0.2, 0.25) is 0 Å². The third kappa shape index (κ3) is 2.62. The predicted octanol–water partition coefficient (Wildman–Crippen LogP) is 1.77. The van der Waals surface area contributed by atoms with Crippen LogP contribution in [-0.4, -0.2) is 32.9 Å². The number of nitrogens with one attached hydrogen (secondary N) is 1. The van der Waals surface area contributed by atoms with Crippen molar-refractivity contribution in [2.24, 2.45) is 7.05 Å². The fraction of sp³-hybridized carbons (Fsp3) is 0.571. The lowest BCUT2D eigenvalue weighted by atomic mass is 10.2. The van der Waals surface area contributed by atoms with E-state index in [2.05, 4.69) is 26.6 Å². The van der Waals surface area contributed by atoms with E-state index in [1.807, 2.05) is 24.9 Å². The Morgan fingerprint density at radius 2 is 2.05 bits per heavy atom. The Kier molecular flexibility index (Phi) is 3.48. The molecule has 5 nitrogen and oxygen atoms in total. The molecule has 0 unspecified atom stereocenters. The Morgan fingerprint density at radius 1 is 1.26 bits per heavy atom. The average molecular weight is 259 g/mol. The van der Waals surface area contributed by atoms with Crippen LogP contribution >= 0.6 is 0 Å². The second kappa shape index (κ2) is 5.27. The minimum Gasteiger partial charge on any atom is -0.251 e. The predicted molar refractivity (Wildman–Crippen MR) is 75.5 cm³/mol. The Hall–Kier alpha value is -1.46. The number of piperidine rings is 1. The zero-order chi connectivity index (χ0) is 13.2. The lowest BCUT2D eigenvalue weighted by Crippen LogP contribution is -2.41. The second-order valence-electron chi connectivity index (χ2n) is 5.31. The van der Waals surface area contributed by atoms with E-state index in [1.165, 1.54) is 24.8 Å². The standard InChI is InChI=1S/C14H21N5/c1-11-13-8-12(9-15-14(13)18(2)17-11)10-16-19-6-4-3-5-7-19/h8-9,16H,3-7,10H2,1-2H3. The molecule has 1 aliphatic rings. The van der Waals surface area contributed by atoms with E-state index in [4.69, 9.17) is 0 Å². The minimum atomic E-state index is 0.845. The SMILES string of the molecule is Cc1nn(C)c2ncc(CNN3CCCCC3)cc12. The van der Waals surface area contributed by atoms with Crippen LogP contribution in [0.1, 0.15) is 30.5 Å². The summed E-state index contributed by atoms with van der Waals surface area (Å²) >= 11 is 0. The molecule has 0 atom stereocenters. The Balaban J connectivity index is 1.72. The van der Waals surface area contributed by atoms with E-state index in [-0.39, 0.29) is 0 Å². The van der Waals surface area contributed by atoms with Crippen molar-refractivity contribution in [2.75, 3.05) is 13.1 Å². The molecular weight excluding hydrogens is 238 g/mol. The average Bonchev–Trinajstić information content (AvgIpc) is 2.73. The Bertz CT molecular complexity index is 568. The van der Waals surface area contributed by atoms with Crippen molar-refractivity contribution >= 4 is 11.0 Å². The van der Waals surface area contributed by atoms with E-state index in [0.29, 0.717) is 0 Å². The Morgan fingerprint density at radius 3 is 2.84 bits per heavy atom. The minimum absolute atomic E-state index is 0.845. The fourth-order valence-corrected chi connectivity index (χ4v) is 2.70. The number of hydrazine groups is 1. The molecule has 0 amide bonds. The molecule has 1 aliphatic heterocycles. The highest BCUT2D eigenvalue weighted by Crippen LogP contribution is 2.16. The van der Waals surface area contributed by atoms with Crippen LogP contribution in [0.15, 0.2) is 12.3 Å². The van der Waals surface area contributed by atoms with Crippen LogP contribution in [0.3, 0.4) is 0 Å². The highest BCUT2D eigenvalue weighted by molar-refractivity contribution is 5.78. The molecule has 0 aliphatic carbocycles. The van der Waals surface area contributed by atoms with E-state index >= 15 is 0 Å². The van der Waals surface area contributed by atoms with Crippen LogP contribution < -0.4 is 5.43 Å². The maximum Gasteiger partial charge on any atom is 0.157 e. The van der Waals surface area contributed by atoms with Crippen LogP contribution in [0.5, 0.6) is 0 Å². The number of pyridine rings is 1. The summed E-state index contributed by atoms with van der Waals surface area (Å²) in [7, 11) is 1.94. The summed E-state index contributed by atoms with van der Waals surface area (Å²) in [6.07, 6.45) is 5.90. The molecule has 0 aromatic carbocycles. The maximum atomic E-state index is 4.51. The molecule has 102 valence electrons. The number of fused-ring (bicyclic) bond motifs is 1. The van der Waals surface area contributed by atoms with E-state index in [0.717, 1.165) is 36.4 Å². The van der Waals surface area contributed by atoms with Gasteiger partial charge in [0.25, 0.3) is 0 Å². The third-order valence-electron chi connectivity index (χ3n) is 3.78. The normalized spacial score (nSPS) is 17.2. The van der Waals surface area contributed by atoms with Crippen molar-refractivity contribution in [3.8, 4) is 0 Å². The lowest BCUT2D eigenvalue weighted by Gasteiger charge is -2.27. The maximum absolute atomic E-state index is 4.51. The highest BCUT2D eigenvalue weighted by Gasteiger charge is 2.10. The number of nitrogens with zero attached hydrogens (tertiary/aromatic N) is 4. The van der Waals surface area contributed by atoms with Gasteiger partial charge in [-0.2, -0.15) is 5.10 Å². The van der Waals surface area contributed by atoms with Gasteiger partial charge in [-0.1, -0.05) is 6.42 Å². The molecular formula is C14H21N5. The molecule has 1 N–H and O–H groups in total. The summed E-state index contributed by atoms with van der Waals surface area (Å²) in [5.74, 6) is 0. The highest BCUT2D eigenvalue weighted by atomic mass is 15.5. The molecule has 0 saturated carbocycles. The van der Waals surface area contributed by atoms with Crippen molar-refractivity contribution in [1.82, 2.24) is 25.2 Å². The summed E-state index contributed by atoms with van der Waals surface area (Å²) in [4.78, 5) is 4.51. The van der Waals surface area contributed by atoms with Gasteiger partial charge in [-0.05, 0) is 31.4 Å². The lowest BCUT2D eigenvalue weighted by molar-refractivity contribution is 0.151. The summed E-state index contributed by atoms with van der Waals surface area (Å²) in [5.41, 5.74) is 6.72. The quantitative estimate of drug-likeness (QED) is 0.912. The molecule has 19 heavy (non-hydrogen) atoms. The summed E-state index contributed by atoms with van der Waals surface area (Å²) in [5, 5.41) is 7.88. The van der Waals surface area contributed by atoms with Gasteiger partial charge < -0.3 is 0 Å². The van der Waals surface area contributed by atoms with Crippen LogP contribution in [0.4, 0.5) is 0 Å². The molecule has 3 rings (SSSR count). The van der Waals surface area contributed by atoms with E-state index in [9.17, 15) is 0 Å². The van der Waals surface area contributed by atoms with Crippen molar-refractivity contribution < 1.29 is 0 Å². The van der Waals surface area contributed by atoms with Gasteiger partial charge >= 0.3 is 0 Å². The number of hydrogen-bond donors (Lipinski definition) is 1. The van der Waals surface area contributed by atoms with Crippen LogP contribution in [-0.2, 0) is 13.6 Å². The van der Waals surface area contributed by atoms with Crippen molar-refractivity contribution in [1.29, 1.82) is 0 Å². The van der Waals surface area contributed by atoms with Gasteiger partial charge in [0, 0.05) is 38.3 Å². The molecule has 1 saturated heterocycles. The summed E-state index contributed by atoms with van der Waals surface area (Å²) < 4.78 is 1.84. The van der Waals surface area contributed by atoms with E-state index < -0.39 is 0 Å². The van der Waals surface area contributed by atoms with Crippen molar-refractivity contribution in [2.45, 2.75) is 32.7 Å². The number of hydrogen-bond acceptors (Lipinski definition) is 4. The van der Waals surface area contributed by atoms with Gasteiger partial charge in [0.2, 0.25) is 0 Å². The second-order valence-corrected chi connectivity index (χ2v) is 5.31. The van der Waals surface area contributed by atoms with Gasteiger partial charge in [-0.3, -0.25) is 10.1 Å². The number of aromatic nitrogens is 3. The fourth-order valence-electron chi connectivity index (χ4n) is 2.70. The first kappa shape index (κ1) is 12.6. The zero-order valence-electron chi connectivity index (χ0n) is 11.7. The summed E-state index contributed by atoms with van der Waals surface area (Å²) in [6.45, 7) is 5.19. The first-order valence-corrected chi connectivity index (χ1v) is 7.01. The van der Waals surface area contributed by atoms with Gasteiger partial charge in [0.15, 0.2) is 5.65 Å². The van der Waals surface area contributed by atoms with Crippen molar-refractivity contribution in [3.63, 3.8) is 0 Å².